The van der Waals surface area contributed by atoms with Crippen LogP contribution < -0.4 is 4.90 Å². The fraction of sp³-hybridized carbons (Fsp3) is 0.360. The molecule has 2 fully saturated rings. The number of aliphatic hydroxyl groups excluding tert-OH is 1. The van der Waals surface area contributed by atoms with E-state index in [0.717, 1.165) is 47.8 Å². The van der Waals surface area contributed by atoms with E-state index in [1.807, 2.05) is 55.4 Å². The average Bonchev–Trinajstić information content (AvgIpc) is 3.05. The van der Waals surface area contributed by atoms with Gasteiger partial charge in [-0.2, -0.15) is 0 Å². The van der Waals surface area contributed by atoms with Crippen LogP contribution in [-0.4, -0.2) is 41.8 Å². The highest BCUT2D eigenvalue weighted by Gasteiger charge is 2.48. The maximum Gasteiger partial charge on any atom is 0.295 e. The van der Waals surface area contributed by atoms with Crippen LogP contribution in [0.25, 0.3) is 5.76 Å². The lowest BCUT2D eigenvalue weighted by Gasteiger charge is -2.35. The van der Waals surface area contributed by atoms with Gasteiger partial charge in [0.15, 0.2) is 0 Å². The number of carbonyl (C=O) groups is 2. The van der Waals surface area contributed by atoms with Crippen LogP contribution >= 0.6 is 15.9 Å². The molecule has 1 aliphatic heterocycles. The number of aliphatic hydroxyl groups is 1. The second-order valence-corrected chi connectivity index (χ2v) is 9.41. The lowest BCUT2D eigenvalue weighted by Crippen LogP contribution is -2.40. The minimum atomic E-state index is -0.604. The van der Waals surface area contributed by atoms with Crippen molar-refractivity contribution in [1.82, 2.24) is 4.90 Å². The fourth-order valence-corrected chi connectivity index (χ4v) is 4.90. The van der Waals surface area contributed by atoms with Crippen LogP contribution in [0, 0.1) is 0 Å². The number of benzene rings is 2. The van der Waals surface area contributed by atoms with E-state index in [-0.39, 0.29) is 17.4 Å². The third kappa shape index (κ3) is 4.13. The van der Waals surface area contributed by atoms with Gasteiger partial charge >= 0.3 is 0 Å². The molecule has 2 aromatic rings. The highest BCUT2D eigenvalue weighted by Crippen LogP contribution is 2.43. The maximum atomic E-state index is 13.2. The molecule has 1 N–H and O–H groups in total. The highest BCUT2D eigenvalue weighted by atomic mass is 79.9. The van der Waals surface area contributed by atoms with Gasteiger partial charge in [-0.25, -0.2) is 0 Å². The predicted octanol–water partition coefficient (Wildman–Crippen LogP) is 5.27. The van der Waals surface area contributed by atoms with Crippen molar-refractivity contribution in [1.29, 1.82) is 0 Å². The second kappa shape index (κ2) is 8.87. The van der Waals surface area contributed by atoms with Crippen molar-refractivity contribution in [2.24, 2.45) is 0 Å². The van der Waals surface area contributed by atoms with E-state index in [4.69, 9.17) is 0 Å². The summed E-state index contributed by atoms with van der Waals surface area (Å²) < 4.78 is 0.877. The zero-order valence-electron chi connectivity index (χ0n) is 17.8. The molecular formula is C25H27BrN2O3. The molecule has 1 heterocycles. The first-order valence-electron chi connectivity index (χ1n) is 10.7. The molecule has 1 amide bonds. The summed E-state index contributed by atoms with van der Waals surface area (Å²) in [7, 11) is 3.94. The number of hydrogen-bond donors (Lipinski definition) is 1. The van der Waals surface area contributed by atoms with E-state index in [2.05, 4.69) is 15.9 Å². The Balaban J connectivity index is 1.85. The molecule has 1 unspecified atom stereocenters. The Labute approximate surface area is 191 Å². The number of carbonyl (C=O) groups excluding carboxylic acids is 2. The Bertz CT molecular complexity index is 1010. The van der Waals surface area contributed by atoms with Gasteiger partial charge in [-0.15, -0.1) is 0 Å². The van der Waals surface area contributed by atoms with E-state index < -0.39 is 17.7 Å². The van der Waals surface area contributed by atoms with Crippen molar-refractivity contribution in [3.63, 3.8) is 0 Å². The lowest BCUT2D eigenvalue weighted by atomic mass is 9.91. The van der Waals surface area contributed by atoms with Crippen LogP contribution in [0.1, 0.15) is 49.3 Å². The Morgan fingerprint density at radius 1 is 0.968 bits per heavy atom. The molecule has 0 bridgehead atoms. The first-order valence-corrected chi connectivity index (χ1v) is 11.5. The Kier molecular flexibility index (Phi) is 6.19. The minimum Gasteiger partial charge on any atom is -0.507 e. The van der Waals surface area contributed by atoms with E-state index in [9.17, 15) is 14.7 Å². The molecule has 0 aromatic heterocycles. The van der Waals surface area contributed by atoms with Gasteiger partial charge in [0.1, 0.15) is 5.76 Å². The largest absolute Gasteiger partial charge is 0.507 e. The monoisotopic (exact) mass is 482 g/mol. The molecule has 5 nitrogen and oxygen atoms in total. The van der Waals surface area contributed by atoms with Crippen LogP contribution in [-0.2, 0) is 9.59 Å². The summed E-state index contributed by atoms with van der Waals surface area (Å²) in [6, 6.07) is 14.4. The molecule has 4 rings (SSSR count). The maximum absolute atomic E-state index is 13.2. The van der Waals surface area contributed by atoms with Gasteiger partial charge in [-0.1, -0.05) is 59.5 Å². The summed E-state index contributed by atoms with van der Waals surface area (Å²) in [4.78, 5) is 30.1. The van der Waals surface area contributed by atoms with Crippen LogP contribution in [0.4, 0.5) is 5.69 Å². The van der Waals surface area contributed by atoms with Crippen LogP contribution in [0.3, 0.4) is 0 Å². The molecule has 6 heteroatoms. The van der Waals surface area contributed by atoms with Gasteiger partial charge in [0, 0.05) is 35.9 Å². The topological polar surface area (TPSA) is 60.9 Å². The van der Waals surface area contributed by atoms with Crippen molar-refractivity contribution in [2.75, 3.05) is 19.0 Å². The molecule has 1 saturated heterocycles. The number of hydrogen-bond acceptors (Lipinski definition) is 4. The van der Waals surface area contributed by atoms with E-state index in [1.54, 1.807) is 17.0 Å². The normalized spacial score (nSPS) is 21.5. The van der Waals surface area contributed by atoms with Crippen LogP contribution in [0.15, 0.2) is 58.6 Å². The number of nitrogens with zero attached hydrogens (tertiary/aromatic N) is 2. The zero-order chi connectivity index (χ0) is 22.1. The third-order valence-corrected chi connectivity index (χ3v) is 6.82. The SMILES string of the molecule is CN(C)c1ccc(C2/C(=C(/O)c3ccc(Br)cc3)C(=O)C(=O)N2C2CCCCC2)cc1. The number of anilines is 1. The first-order chi connectivity index (χ1) is 14.9. The number of Topliss-reactive ketones (excluding diaryl/α,β-unsaturated/α-hetero) is 1. The molecule has 0 radical (unpaired) electrons. The molecule has 1 aliphatic carbocycles. The van der Waals surface area contributed by atoms with Gasteiger partial charge < -0.3 is 14.9 Å². The molecule has 2 aromatic carbocycles. The lowest BCUT2D eigenvalue weighted by molar-refractivity contribution is -0.141. The van der Waals surface area contributed by atoms with E-state index >= 15 is 0 Å². The summed E-state index contributed by atoms with van der Waals surface area (Å²) in [5.74, 6) is -1.23. The molecule has 0 spiro atoms. The van der Waals surface area contributed by atoms with Crippen molar-refractivity contribution in [3.05, 3.63) is 69.7 Å². The first kappa shape index (κ1) is 21.6. The van der Waals surface area contributed by atoms with Gasteiger partial charge in [0.05, 0.1) is 11.6 Å². The number of rotatable bonds is 4. The number of ketones is 1. The zero-order valence-corrected chi connectivity index (χ0v) is 19.4. The van der Waals surface area contributed by atoms with Crippen LogP contribution in [0.2, 0.25) is 0 Å². The van der Waals surface area contributed by atoms with Crippen LogP contribution in [0.5, 0.6) is 0 Å². The van der Waals surface area contributed by atoms with E-state index in [0.29, 0.717) is 5.56 Å². The Morgan fingerprint density at radius 2 is 1.58 bits per heavy atom. The summed E-state index contributed by atoms with van der Waals surface area (Å²) in [6.07, 6.45) is 5.02. The molecular weight excluding hydrogens is 456 g/mol. The number of amides is 1. The molecule has 1 saturated carbocycles. The molecule has 31 heavy (non-hydrogen) atoms. The Hall–Kier alpha value is -2.60. The van der Waals surface area contributed by atoms with Gasteiger partial charge in [0.2, 0.25) is 0 Å². The summed E-state index contributed by atoms with van der Waals surface area (Å²) in [5.41, 5.74) is 2.58. The molecule has 2 aliphatic rings. The van der Waals surface area contributed by atoms with Crippen molar-refractivity contribution < 1.29 is 14.7 Å². The van der Waals surface area contributed by atoms with Gasteiger partial charge in [-0.3, -0.25) is 9.59 Å². The predicted molar refractivity (Wildman–Crippen MR) is 126 cm³/mol. The fourth-order valence-electron chi connectivity index (χ4n) is 4.63. The molecule has 1 atom stereocenters. The second-order valence-electron chi connectivity index (χ2n) is 8.49. The highest BCUT2D eigenvalue weighted by molar-refractivity contribution is 9.10. The average molecular weight is 483 g/mol. The van der Waals surface area contributed by atoms with Crippen molar-refractivity contribution >= 4 is 39.1 Å². The minimum absolute atomic E-state index is 0.0129. The summed E-state index contributed by atoms with van der Waals surface area (Å²) >= 11 is 3.40. The Morgan fingerprint density at radius 3 is 2.16 bits per heavy atom. The standard InChI is InChI=1S/C25H27BrN2O3/c1-27(2)19-14-10-16(11-15-19)22-21(23(29)17-8-12-18(26)13-9-17)24(30)25(31)28(22)20-6-4-3-5-7-20/h8-15,20,22,29H,3-7H2,1-2H3/b23-21-. The molecule has 162 valence electrons. The van der Waals surface area contributed by atoms with Gasteiger partial charge in [-0.05, 0) is 42.7 Å². The number of likely N-dealkylation sites (tertiary alicyclic amines) is 1. The van der Waals surface area contributed by atoms with Gasteiger partial charge in [0.25, 0.3) is 11.7 Å². The van der Waals surface area contributed by atoms with Crippen molar-refractivity contribution in [3.8, 4) is 0 Å². The smallest absolute Gasteiger partial charge is 0.295 e. The van der Waals surface area contributed by atoms with Crippen molar-refractivity contribution in [2.45, 2.75) is 44.2 Å². The third-order valence-electron chi connectivity index (χ3n) is 6.29. The summed E-state index contributed by atoms with van der Waals surface area (Å²) in [6.45, 7) is 0. The van der Waals surface area contributed by atoms with E-state index in [1.165, 1.54) is 0 Å². The quantitative estimate of drug-likeness (QED) is 0.366. The summed E-state index contributed by atoms with van der Waals surface area (Å²) in [5, 5.41) is 11.1. The number of halogens is 1.